The van der Waals surface area contributed by atoms with Gasteiger partial charge in [-0.05, 0) is 23.1 Å². The molecule has 0 aliphatic heterocycles. The zero-order chi connectivity index (χ0) is 12.8. The summed E-state index contributed by atoms with van der Waals surface area (Å²) in [5, 5.41) is 0. The van der Waals surface area contributed by atoms with Crippen LogP contribution < -0.4 is 5.73 Å². The summed E-state index contributed by atoms with van der Waals surface area (Å²) >= 11 is 0. The Kier molecular flexibility index (Phi) is 4.08. The molecule has 0 spiro atoms. The van der Waals surface area contributed by atoms with Crippen LogP contribution in [0.25, 0.3) is 11.1 Å². The van der Waals surface area contributed by atoms with E-state index in [1.165, 1.54) is 17.2 Å². The maximum atomic E-state index is 10.2. The van der Waals surface area contributed by atoms with Gasteiger partial charge in [0.25, 0.3) is 0 Å². The van der Waals surface area contributed by atoms with Gasteiger partial charge in [0, 0.05) is 12.1 Å². The van der Waals surface area contributed by atoms with E-state index in [1.54, 1.807) is 5.94 Å². The highest BCUT2D eigenvalue weighted by Gasteiger charge is 2.01. The summed E-state index contributed by atoms with van der Waals surface area (Å²) in [7, 11) is 0. The van der Waals surface area contributed by atoms with Crippen LogP contribution in [0.1, 0.15) is 5.56 Å². The van der Waals surface area contributed by atoms with Gasteiger partial charge in [0.15, 0.2) is 0 Å². The van der Waals surface area contributed by atoms with E-state index in [0.717, 1.165) is 5.56 Å². The Balaban J connectivity index is 2.13. The molecule has 90 valence electrons. The lowest BCUT2D eigenvalue weighted by Crippen LogP contribution is -2.19. The van der Waals surface area contributed by atoms with E-state index >= 15 is 0 Å². The van der Waals surface area contributed by atoms with Crippen LogP contribution >= 0.6 is 0 Å². The molecule has 0 saturated heterocycles. The normalized spacial score (nSPS) is 11.6. The van der Waals surface area contributed by atoms with Gasteiger partial charge >= 0.3 is 0 Å². The Morgan fingerprint density at radius 1 is 1.00 bits per heavy atom. The SMILES string of the molecule is N[C@H](C=C=O)Cc1ccc(-c2ccccc2)cc1. The largest absolute Gasteiger partial charge is 0.324 e. The standard InChI is InChI=1S/C16H15NO/c17-16(10-11-18)12-13-6-8-15(9-7-13)14-4-2-1-3-5-14/h1-10,16H,12,17H2/t16-/m1/s1. The van der Waals surface area contributed by atoms with E-state index in [4.69, 9.17) is 5.73 Å². The van der Waals surface area contributed by atoms with E-state index in [1.807, 2.05) is 30.3 Å². The van der Waals surface area contributed by atoms with Crippen molar-refractivity contribution in [3.05, 3.63) is 66.2 Å². The summed E-state index contributed by atoms with van der Waals surface area (Å²) < 4.78 is 0. The Labute approximate surface area is 107 Å². The molecule has 0 aliphatic carbocycles. The molecule has 0 saturated carbocycles. The van der Waals surface area contributed by atoms with Crippen molar-refractivity contribution in [2.75, 3.05) is 0 Å². The molecular weight excluding hydrogens is 222 g/mol. The number of carbonyl (C=O) groups excluding carboxylic acids is 1. The molecule has 0 heterocycles. The van der Waals surface area contributed by atoms with Gasteiger partial charge in [0.2, 0.25) is 0 Å². The Morgan fingerprint density at radius 2 is 1.61 bits per heavy atom. The molecule has 2 aromatic carbocycles. The molecule has 1 atom stereocenters. The quantitative estimate of drug-likeness (QED) is 0.831. The maximum Gasteiger partial charge on any atom is 0.121 e. The van der Waals surface area contributed by atoms with Crippen molar-refractivity contribution in [2.45, 2.75) is 12.5 Å². The van der Waals surface area contributed by atoms with Gasteiger partial charge in [0.05, 0.1) is 0 Å². The van der Waals surface area contributed by atoms with Gasteiger partial charge in [0.1, 0.15) is 5.94 Å². The number of hydrogen-bond donors (Lipinski definition) is 1. The van der Waals surface area contributed by atoms with Crippen LogP contribution in [-0.2, 0) is 11.2 Å². The molecular formula is C16H15NO. The molecule has 18 heavy (non-hydrogen) atoms. The first-order valence-corrected chi connectivity index (χ1v) is 5.90. The number of nitrogens with two attached hydrogens (primary N) is 1. The monoisotopic (exact) mass is 237 g/mol. The van der Waals surface area contributed by atoms with E-state index in [9.17, 15) is 4.79 Å². The fourth-order valence-corrected chi connectivity index (χ4v) is 1.88. The summed E-state index contributed by atoms with van der Waals surface area (Å²) in [5.74, 6) is 1.72. The number of hydrogen-bond acceptors (Lipinski definition) is 2. The van der Waals surface area contributed by atoms with Gasteiger partial charge < -0.3 is 5.73 Å². The minimum atomic E-state index is -0.259. The van der Waals surface area contributed by atoms with Crippen LogP contribution in [0.4, 0.5) is 0 Å². The Hall–Kier alpha value is -2.15. The average molecular weight is 237 g/mol. The van der Waals surface area contributed by atoms with E-state index < -0.39 is 0 Å². The number of benzene rings is 2. The van der Waals surface area contributed by atoms with Gasteiger partial charge in [-0.1, -0.05) is 54.6 Å². The average Bonchev–Trinajstić information content (AvgIpc) is 2.41. The van der Waals surface area contributed by atoms with Gasteiger partial charge in [-0.3, -0.25) is 0 Å². The molecule has 2 rings (SSSR count). The van der Waals surface area contributed by atoms with Gasteiger partial charge in [-0.15, -0.1) is 0 Å². The van der Waals surface area contributed by atoms with Crippen molar-refractivity contribution in [3.63, 3.8) is 0 Å². The summed E-state index contributed by atoms with van der Waals surface area (Å²) in [5.41, 5.74) is 9.24. The van der Waals surface area contributed by atoms with Crippen molar-refractivity contribution >= 4 is 5.94 Å². The predicted octanol–water partition coefficient (Wildman–Crippen LogP) is 2.61. The fraction of sp³-hybridized carbons (Fsp3) is 0.125. The second-order valence-corrected chi connectivity index (χ2v) is 4.22. The summed E-state index contributed by atoms with van der Waals surface area (Å²) in [6.07, 6.45) is 2.01. The third kappa shape index (κ3) is 3.17. The minimum Gasteiger partial charge on any atom is -0.324 e. The zero-order valence-electron chi connectivity index (χ0n) is 10.0. The van der Waals surface area contributed by atoms with Crippen LogP contribution in [-0.4, -0.2) is 12.0 Å². The van der Waals surface area contributed by atoms with Crippen molar-refractivity contribution in [3.8, 4) is 11.1 Å². The zero-order valence-corrected chi connectivity index (χ0v) is 10.0. The lowest BCUT2D eigenvalue weighted by molar-refractivity contribution is 0.567. The molecule has 0 amide bonds. The lowest BCUT2D eigenvalue weighted by Gasteiger charge is -2.06. The van der Waals surface area contributed by atoms with Crippen molar-refractivity contribution in [1.82, 2.24) is 0 Å². The highest BCUT2D eigenvalue weighted by Crippen LogP contribution is 2.19. The minimum absolute atomic E-state index is 0.259. The second-order valence-electron chi connectivity index (χ2n) is 4.22. The molecule has 2 nitrogen and oxygen atoms in total. The first kappa shape index (κ1) is 12.3. The third-order valence-corrected chi connectivity index (χ3v) is 2.81. The van der Waals surface area contributed by atoms with Gasteiger partial charge in [-0.25, -0.2) is 4.79 Å². The van der Waals surface area contributed by atoms with E-state index in [0.29, 0.717) is 6.42 Å². The molecule has 2 N–H and O–H groups in total. The highest BCUT2D eigenvalue weighted by molar-refractivity contribution is 5.63. The van der Waals surface area contributed by atoms with Crippen molar-refractivity contribution in [1.29, 1.82) is 0 Å². The van der Waals surface area contributed by atoms with Crippen molar-refractivity contribution < 1.29 is 4.79 Å². The second kappa shape index (κ2) is 5.97. The third-order valence-electron chi connectivity index (χ3n) is 2.81. The van der Waals surface area contributed by atoms with Crippen molar-refractivity contribution in [2.24, 2.45) is 5.73 Å². The fourth-order valence-electron chi connectivity index (χ4n) is 1.88. The molecule has 0 bridgehead atoms. The van der Waals surface area contributed by atoms with Crippen LogP contribution in [0.3, 0.4) is 0 Å². The number of rotatable bonds is 4. The first-order chi connectivity index (χ1) is 8.79. The molecule has 2 heteroatoms. The van der Waals surface area contributed by atoms with Crippen LogP contribution in [0, 0.1) is 0 Å². The molecule has 0 aromatic heterocycles. The maximum absolute atomic E-state index is 10.2. The predicted molar refractivity (Wildman–Crippen MR) is 73.8 cm³/mol. The van der Waals surface area contributed by atoms with E-state index in [2.05, 4.69) is 24.3 Å². The van der Waals surface area contributed by atoms with Crippen LogP contribution in [0.2, 0.25) is 0 Å². The Bertz CT molecular complexity index is 539. The highest BCUT2D eigenvalue weighted by atomic mass is 16.1. The van der Waals surface area contributed by atoms with Crippen LogP contribution in [0.5, 0.6) is 0 Å². The summed E-state index contributed by atoms with van der Waals surface area (Å²) in [6, 6.07) is 18.2. The molecule has 0 unspecified atom stereocenters. The van der Waals surface area contributed by atoms with Crippen LogP contribution in [0.15, 0.2) is 60.7 Å². The van der Waals surface area contributed by atoms with E-state index in [-0.39, 0.29) is 6.04 Å². The smallest absolute Gasteiger partial charge is 0.121 e. The lowest BCUT2D eigenvalue weighted by atomic mass is 10.0. The van der Waals surface area contributed by atoms with Gasteiger partial charge in [-0.2, -0.15) is 0 Å². The topological polar surface area (TPSA) is 43.1 Å². The first-order valence-electron chi connectivity index (χ1n) is 5.90. The molecule has 0 aliphatic rings. The molecule has 0 fully saturated rings. The Morgan fingerprint density at radius 3 is 2.22 bits per heavy atom. The molecule has 0 radical (unpaired) electrons. The summed E-state index contributed by atoms with van der Waals surface area (Å²) in [4.78, 5) is 10.2. The molecule has 2 aromatic rings. The summed E-state index contributed by atoms with van der Waals surface area (Å²) in [6.45, 7) is 0.